The summed E-state index contributed by atoms with van der Waals surface area (Å²) in [6, 6.07) is 4.01. The maximum atomic E-state index is 12.1. The Morgan fingerprint density at radius 2 is 2.06 bits per heavy atom. The zero-order valence-electron chi connectivity index (χ0n) is 9.47. The molecule has 0 fully saturated rings. The van der Waals surface area contributed by atoms with Gasteiger partial charge in [0.15, 0.2) is 5.78 Å². The molecule has 1 atom stereocenters. The van der Waals surface area contributed by atoms with E-state index in [9.17, 15) is 22.8 Å². The van der Waals surface area contributed by atoms with E-state index in [2.05, 4.69) is 0 Å². The van der Waals surface area contributed by atoms with Crippen molar-refractivity contribution in [2.45, 2.75) is 25.6 Å². The second kappa shape index (κ2) is 4.12. The Morgan fingerprint density at radius 1 is 1.39 bits per heavy atom. The zero-order chi connectivity index (χ0) is 13.5. The first-order chi connectivity index (χ1) is 8.29. The number of carbonyl (C=O) groups is 2. The normalized spacial score (nSPS) is 18.7. The first kappa shape index (κ1) is 12.6. The van der Waals surface area contributed by atoms with Crippen molar-refractivity contribution in [3.8, 4) is 0 Å². The SMILES string of the molecule is Cc1ccc2c(c1)C(=O)CC2NC(=O)C(F)(F)F. The Hall–Kier alpha value is -1.85. The molecule has 0 aromatic heterocycles. The van der Waals surface area contributed by atoms with Crippen LogP contribution in [0.5, 0.6) is 0 Å². The van der Waals surface area contributed by atoms with Crippen LogP contribution in [0.1, 0.15) is 33.9 Å². The number of benzene rings is 1. The number of Topliss-reactive ketones (excluding diaryl/α,β-unsaturated/α-hetero) is 1. The predicted molar refractivity (Wildman–Crippen MR) is 57.1 cm³/mol. The lowest BCUT2D eigenvalue weighted by Gasteiger charge is -2.14. The van der Waals surface area contributed by atoms with Crippen molar-refractivity contribution in [3.63, 3.8) is 0 Å². The molecule has 1 aliphatic carbocycles. The lowest BCUT2D eigenvalue weighted by molar-refractivity contribution is -0.174. The molecule has 0 spiro atoms. The predicted octanol–water partition coefficient (Wildman–Crippen LogP) is 2.30. The van der Waals surface area contributed by atoms with E-state index in [0.29, 0.717) is 11.1 Å². The number of fused-ring (bicyclic) bond motifs is 1. The fourth-order valence-corrected chi connectivity index (χ4v) is 1.99. The van der Waals surface area contributed by atoms with Gasteiger partial charge < -0.3 is 5.32 Å². The summed E-state index contributed by atoms with van der Waals surface area (Å²) in [5.74, 6) is -2.27. The van der Waals surface area contributed by atoms with Gasteiger partial charge in [0, 0.05) is 12.0 Å². The lowest BCUT2D eigenvalue weighted by Crippen LogP contribution is -2.38. The minimum Gasteiger partial charge on any atom is -0.341 e. The molecule has 96 valence electrons. The molecule has 18 heavy (non-hydrogen) atoms. The van der Waals surface area contributed by atoms with Gasteiger partial charge >= 0.3 is 12.1 Å². The van der Waals surface area contributed by atoms with Crippen LogP contribution >= 0.6 is 0 Å². The second-order valence-corrected chi connectivity index (χ2v) is 4.24. The van der Waals surface area contributed by atoms with E-state index in [1.807, 2.05) is 5.32 Å². The topological polar surface area (TPSA) is 46.2 Å². The molecular formula is C12H10F3NO2. The van der Waals surface area contributed by atoms with E-state index in [1.165, 1.54) is 0 Å². The molecule has 0 aliphatic heterocycles. The van der Waals surface area contributed by atoms with E-state index >= 15 is 0 Å². The number of alkyl halides is 3. The van der Waals surface area contributed by atoms with E-state index in [1.54, 1.807) is 25.1 Å². The van der Waals surface area contributed by atoms with Crippen LogP contribution in [0.25, 0.3) is 0 Å². The monoisotopic (exact) mass is 257 g/mol. The average Bonchev–Trinajstić information content (AvgIpc) is 2.54. The molecule has 1 aromatic carbocycles. The standard InChI is InChI=1S/C12H10F3NO2/c1-6-2-3-7-8(4-6)10(17)5-9(7)16-11(18)12(13,14)15/h2-4,9H,5H2,1H3,(H,16,18). The second-order valence-electron chi connectivity index (χ2n) is 4.24. The van der Waals surface area contributed by atoms with Gasteiger partial charge in [-0.05, 0) is 18.6 Å². The molecule has 1 N–H and O–H groups in total. The molecule has 0 heterocycles. The number of hydrogen-bond donors (Lipinski definition) is 1. The number of nitrogens with one attached hydrogen (secondary N) is 1. The molecule has 2 rings (SSSR count). The first-order valence-electron chi connectivity index (χ1n) is 5.30. The van der Waals surface area contributed by atoms with Crippen LogP contribution in [0, 0.1) is 6.92 Å². The van der Waals surface area contributed by atoms with Crippen molar-refractivity contribution in [1.29, 1.82) is 0 Å². The van der Waals surface area contributed by atoms with Gasteiger partial charge in [0.2, 0.25) is 0 Å². The number of aryl methyl sites for hydroxylation is 1. The van der Waals surface area contributed by atoms with E-state index < -0.39 is 18.1 Å². The van der Waals surface area contributed by atoms with Gasteiger partial charge in [0.25, 0.3) is 0 Å². The zero-order valence-corrected chi connectivity index (χ0v) is 9.47. The fraction of sp³-hybridized carbons (Fsp3) is 0.333. The Bertz CT molecular complexity index is 523. The summed E-state index contributed by atoms with van der Waals surface area (Å²) >= 11 is 0. The van der Waals surface area contributed by atoms with Crippen LogP contribution < -0.4 is 5.32 Å². The van der Waals surface area contributed by atoms with Crippen LogP contribution in [0.3, 0.4) is 0 Å². The Morgan fingerprint density at radius 3 is 2.67 bits per heavy atom. The largest absolute Gasteiger partial charge is 0.471 e. The number of rotatable bonds is 1. The van der Waals surface area contributed by atoms with Crippen molar-refractivity contribution in [1.82, 2.24) is 5.32 Å². The molecular weight excluding hydrogens is 247 g/mol. The highest BCUT2D eigenvalue weighted by Crippen LogP contribution is 2.32. The van der Waals surface area contributed by atoms with Gasteiger partial charge in [-0.2, -0.15) is 13.2 Å². The summed E-state index contributed by atoms with van der Waals surface area (Å²) in [6.45, 7) is 1.79. The molecule has 1 aliphatic rings. The number of halogens is 3. The average molecular weight is 257 g/mol. The molecule has 1 aromatic rings. The van der Waals surface area contributed by atoms with Crippen molar-refractivity contribution in [3.05, 3.63) is 34.9 Å². The molecule has 6 heteroatoms. The lowest BCUT2D eigenvalue weighted by atomic mass is 10.1. The number of ketones is 1. The summed E-state index contributed by atoms with van der Waals surface area (Å²) in [4.78, 5) is 22.5. The molecule has 0 saturated carbocycles. The van der Waals surface area contributed by atoms with Crippen molar-refractivity contribution >= 4 is 11.7 Å². The van der Waals surface area contributed by atoms with Gasteiger partial charge in [-0.25, -0.2) is 0 Å². The number of amides is 1. The molecule has 0 bridgehead atoms. The summed E-state index contributed by atoms with van der Waals surface area (Å²) in [5, 5.41) is 1.84. The Balaban J connectivity index is 2.25. The molecule has 1 amide bonds. The van der Waals surface area contributed by atoms with Crippen molar-refractivity contribution in [2.24, 2.45) is 0 Å². The molecule has 1 unspecified atom stereocenters. The van der Waals surface area contributed by atoms with Crippen LogP contribution in [-0.2, 0) is 4.79 Å². The van der Waals surface area contributed by atoms with E-state index in [0.717, 1.165) is 5.56 Å². The van der Waals surface area contributed by atoms with Crippen LogP contribution in [0.2, 0.25) is 0 Å². The quantitative estimate of drug-likeness (QED) is 0.839. The first-order valence-corrected chi connectivity index (χ1v) is 5.30. The maximum absolute atomic E-state index is 12.1. The Kier molecular flexibility index (Phi) is 2.88. The van der Waals surface area contributed by atoms with Gasteiger partial charge in [-0.1, -0.05) is 17.7 Å². The number of hydrogen-bond acceptors (Lipinski definition) is 2. The van der Waals surface area contributed by atoms with Gasteiger partial charge in [0.1, 0.15) is 0 Å². The third-order valence-electron chi connectivity index (χ3n) is 2.84. The molecule has 3 nitrogen and oxygen atoms in total. The number of carbonyl (C=O) groups excluding carboxylic acids is 2. The Labute approximate surface area is 101 Å². The summed E-state index contributed by atoms with van der Waals surface area (Å²) in [7, 11) is 0. The van der Waals surface area contributed by atoms with Crippen LogP contribution in [0.15, 0.2) is 18.2 Å². The summed E-state index contributed by atoms with van der Waals surface area (Å²) < 4.78 is 36.4. The van der Waals surface area contributed by atoms with Gasteiger partial charge in [-0.3, -0.25) is 9.59 Å². The van der Waals surface area contributed by atoms with Gasteiger partial charge in [0.05, 0.1) is 6.04 Å². The smallest absolute Gasteiger partial charge is 0.341 e. The third kappa shape index (κ3) is 2.23. The van der Waals surface area contributed by atoms with Crippen LogP contribution in [0.4, 0.5) is 13.2 Å². The van der Waals surface area contributed by atoms with E-state index in [4.69, 9.17) is 0 Å². The highest BCUT2D eigenvalue weighted by Gasteiger charge is 2.41. The highest BCUT2D eigenvalue weighted by atomic mass is 19.4. The van der Waals surface area contributed by atoms with Crippen molar-refractivity contribution in [2.75, 3.05) is 0 Å². The highest BCUT2D eigenvalue weighted by molar-refractivity contribution is 6.02. The van der Waals surface area contributed by atoms with Gasteiger partial charge in [-0.15, -0.1) is 0 Å². The summed E-state index contributed by atoms with van der Waals surface area (Å²) in [5.41, 5.74) is 1.69. The minimum absolute atomic E-state index is 0.124. The molecule has 0 saturated heterocycles. The van der Waals surface area contributed by atoms with Crippen molar-refractivity contribution < 1.29 is 22.8 Å². The van der Waals surface area contributed by atoms with Crippen LogP contribution in [-0.4, -0.2) is 17.9 Å². The molecule has 0 radical (unpaired) electrons. The minimum atomic E-state index is -4.93. The maximum Gasteiger partial charge on any atom is 0.471 e. The third-order valence-corrected chi connectivity index (χ3v) is 2.84. The summed E-state index contributed by atoms with van der Waals surface area (Å²) in [6.07, 6.45) is -5.06. The fourth-order valence-electron chi connectivity index (χ4n) is 1.99. The van der Waals surface area contributed by atoms with E-state index in [-0.39, 0.29) is 12.2 Å².